The molecule has 0 saturated heterocycles. The maximum Gasteiger partial charge on any atom is 0.249 e. The van der Waals surface area contributed by atoms with Gasteiger partial charge in [0.05, 0.1) is 19.9 Å². The Hall–Kier alpha value is -2.29. The molecule has 0 fully saturated rings. The summed E-state index contributed by atoms with van der Waals surface area (Å²) in [6, 6.07) is 14.6. The van der Waals surface area contributed by atoms with Gasteiger partial charge in [-0.3, -0.25) is 0 Å². The van der Waals surface area contributed by atoms with Crippen LogP contribution in [0.3, 0.4) is 0 Å². The first-order valence-corrected chi connectivity index (χ1v) is 7.47. The SMILES string of the molecule is CCCCn1c[n+]2ccccc2c1-c1ccc(OC)cc1. The Bertz CT molecular complexity index is 729. The van der Waals surface area contributed by atoms with Crippen LogP contribution in [0.5, 0.6) is 5.75 Å². The van der Waals surface area contributed by atoms with Crippen LogP contribution >= 0.6 is 0 Å². The molecule has 0 aliphatic carbocycles. The number of unbranched alkanes of at least 4 members (excludes halogenated alkanes) is 1. The molecule has 0 radical (unpaired) electrons. The quantitative estimate of drug-likeness (QED) is 0.652. The van der Waals surface area contributed by atoms with Crippen molar-refractivity contribution in [3.8, 4) is 17.0 Å². The van der Waals surface area contributed by atoms with E-state index in [0.29, 0.717) is 0 Å². The van der Waals surface area contributed by atoms with Crippen LogP contribution in [-0.2, 0) is 6.54 Å². The van der Waals surface area contributed by atoms with E-state index in [0.717, 1.165) is 12.3 Å². The predicted molar refractivity (Wildman–Crippen MR) is 84.5 cm³/mol. The summed E-state index contributed by atoms with van der Waals surface area (Å²) < 4.78 is 9.79. The van der Waals surface area contributed by atoms with Crippen LogP contribution in [0.25, 0.3) is 16.8 Å². The van der Waals surface area contributed by atoms with E-state index in [1.54, 1.807) is 7.11 Å². The number of hydrogen-bond donors (Lipinski definition) is 0. The third-order valence-electron chi connectivity index (χ3n) is 3.80. The number of pyridine rings is 1. The standard InChI is InChI=1S/C18H21N2O/c1-3-4-12-20-14-19-13-6-5-7-17(19)18(20)15-8-10-16(21-2)11-9-15/h5-11,13-14H,3-4,12H2,1-2H3/q+1. The van der Waals surface area contributed by atoms with Gasteiger partial charge >= 0.3 is 0 Å². The van der Waals surface area contributed by atoms with Crippen molar-refractivity contribution in [3.63, 3.8) is 0 Å². The van der Waals surface area contributed by atoms with Gasteiger partial charge in [0.25, 0.3) is 0 Å². The van der Waals surface area contributed by atoms with E-state index in [1.807, 2.05) is 12.1 Å². The lowest BCUT2D eigenvalue weighted by Gasteiger charge is -2.03. The highest BCUT2D eigenvalue weighted by molar-refractivity contribution is 5.74. The summed E-state index contributed by atoms with van der Waals surface area (Å²) in [5.41, 5.74) is 3.73. The molecular weight excluding hydrogens is 260 g/mol. The van der Waals surface area contributed by atoms with Crippen molar-refractivity contribution in [3.05, 3.63) is 55.0 Å². The Balaban J connectivity index is 2.12. The van der Waals surface area contributed by atoms with Crippen molar-refractivity contribution in [2.75, 3.05) is 7.11 Å². The molecule has 0 unspecified atom stereocenters. The van der Waals surface area contributed by atoms with E-state index >= 15 is 0 Å². The van der Waals surface area contributed by atoms with Crippen LogP contribution in [0, 0.1) is 0 Å². The third-order valence-corrected chi connectivity index (χ3v) is 3.80. The Labute approximate surface area is 125 Å². The highest BCUT2D eigenvalue weighted by Gasteiger charge is 2.18. The average molecular weight is 281 g/mol. The van der Waals surface area contributed by atoms with Gasteiger partial charge in [-0.2, -0.15) is 0 Å². The van der Waals surface area contributed by atoms with Gasteiger partial charge in [0.1, 0.15) is 5.75 Å². The second kappa shape index (κ2) is 6.00. The molecule has 3 aromatic rings. The van der Waals surface area contributed by atoms with E-state index in [-0.39, 0.29) is 0 Å². The van der Waals surface area contributed by atoms with Gasteiger partial charge in [0.2, 0.25) is 6.33 Å². The van der Waals surface area contributed by atoms with Crippen LogP contribution < -0.4 is 9.14 Å². The molecule has 0 bridgehead atoms. The van der Waals surface area contributed by atoms with Crippen LogP contribution in [0.1, 0.15) is 19.8 Å². The van der Waals surface area contributed by atoms with E-state index in [1.165, 1.54) is 29.6 Å². The maximum absolute atomic E-state index is 5.26. The molecule has 0 atom stereocenters. The lowest BCUT2D eigenvalue weighted by Crippen LogP contribution is -2.16. The normalized spacial score (nSPS) is 11.0. The number of rotatable bonds is 5. The summed E-state index contributed by atoms with van der Waals surface area (Å²) in [4.78, 5) is 0. The number of aryl methyl sites for hydroxylation is 1. The molecule has 2 heterocycles. The molecule has 1 aromatic carbocycles. The van der Waals surface area contributed by atoms with Gasteiger partial charge in [-0.25, -0.2) is 8.97 Å². The van der Waals surface area contributed by atoms with Gasteiger partial charge in [0, 0.05) is 5.56 Å². The largest absolute Gasteiger partial charge is 0.497 e. The third kappa shape index (κ3) is 2.64. The second-order valence-electron chi connectivity index (χ2n) is 5.23. The number of fused-ring (bicyclic) bond motifs is 1. The molecule has 0 amide bonds. The van der Waals surface area contributed by atoms with Crippen molar-refractivity contribution in [2.24, 2.45) is 0 Å². The van der Waals surface area contributed by atoms with Crippen molar-refractivity contribution in [1.82, 2.24) is 4.57 Å². The number of imidazole rings is 1. The van der Waals surface area contributed by atoms with Crippen LogP contribution in [0.4, 0.5) is 0 Å². The molecule has 0 saturated carbocycles. The van der Waals surface area contributed by atoms with Crippen molar-refractivity contribution < 1.29 is 9.14 Å². The highest BCUT2D eigenvalue weighted by atomic mass is 16.5. The van der Waals surface area contributed by atoms with Crippen LogP contribution in [-0.4, -0.2) is 11.7 Å². The molecule has 108 valence electrons. The fraction of sp³-hybridized carbons (Fsp3) is 0.278. The fourth-order valence-corrected chi connectivity index (χ4v) is 2.67. The Morgan fingerprint density at radius 2 is 1.90 bits per heavy atom. The minimum Gasteiger partial charge on any atom is -0.497 e. The maximum atomic E-state index is 5.26. The summed E-state index contributed by atoms with van der Waals surface area (Å²) >= 11 is 0. The van der Waals surface area contributed by atoms with E-state index in [4.69, 9.17) is 4.74 Å². The molecule has 21 heavy (non-hydrogen) atoms. The highest BCUT2D eigenvalue weighted by Crippen LogP contribution is 2.25. The van der Waals surface area contributed by atoms with Gasteiger partial charge in [-0.05, 0) is 42.8 Å². The summed E-state index contributed by atoms with van der Waals surface area (Å²) in [7, 11) is 1.70. The van der Waals surface area contributed by atoms with E-state index in [2.05, 4.69) is 58.7 Å². The zero-order valence-corrected chi connectivity index (χ0v) is 12.6. The molecule has 3 nitrogen and oxygen atoms in total. The van der Waals surface area contributed by atoms with Gasteiger partial charge in [0.15, 0.2) is 11.2 Å². The first kappa shape index (κ1) is 13.7. The molecule has 3 rings (SSSR count). The number of aromatic nitrogens is 2. The van der Waals surface area contributed by atoms with Crippen molar-refractivity contribution >= 4 is 5.52 Å². The number of nitrogens with zero attached hydrogens (tertiary/aromatic N) is 2. The molecule has 3 heteroatoms. The summed E-state index contributed by atoms with van der Waals surface area (Å²) in [6.45, 7) is 3.27. The first-order chi connectivity index (χ1) is 10.3. The lowest BCUT2D eigenvalue weighted by atomic mass is 10.1. The number of ether oxygens (including phenoxy) is 1. The summed E-state index contributed by atoms with van der Waals surface area (Å²) in [5.74, 6) is 0.891. The number of hydrogen-bond acceptors (Lipinski definition) is 1. The molecule has 0 aliphatic heterocycles. The van der Waals surface area contributed by atoms with Crippen LogP contribution in [0.15, 0.2) is 55.0 Å². The predicted octanol–water partition coefficient (Wildman–Crippen LogP) is 3.70. The summed E-state index contributed by atoms with van der Waals surface area (Å²) in [5, 5.41) is 0. The first-order valence-electron chi connectivity index (χ1n) is 7.47. The number of methoxy groups -OCH3 is 1. The average Bonchev–Trinajstić information content (AvgIpc) is 2.91. The molecule has 0 N–H and O–H groups in total. The second-order valence-corrected chi connectivity index (χ2v) is 5.23. The fourth-order valence-electron chi connectivity index (χ4n) is 2.67. The lowest BCUT2D eigenvalue weighted by molar-refractivity contribution is -0.512. The molecular formula is C18H21N2O+. The Morgan fingerprint density at radius 1 is 1.10 bits per heavy atom. The Morgan fingerprint density at radius 3 is 2.62 bits per heavy atom. The van der Waals surface area contributed by atoms with Gasteiger partial charge in [-0.15, -0.1) is 0 Å². The van der Waals surface area contributed by atoms with E-state index in [9.17, 15) is 0 Å². The zero-order valence-electron chi connectivity index (χ0n) is 12.6. The topological polar surface area (TPSA) is 18.3 Å². The Kier molecular flexibility index (Phi) is 3.91. The smallest absolute Gasteiger partial charge is 0.249 e. The zero-order chi connectivity index (χ0) is 14.7. The molecule has 0 spiro atoms. The van der Waals surface area contributed by atoms with Crippen molar-refractivity contribution in [1.29, 1.82) is 0 Å². The monoisotopic (exact) mass is 281 g/mol. The van der Waals surface area contributed by atoms with Crippen LogP contribution in [0.2, 0.25) is 0 Å². The molecule has 2 aromatic heterocycles. The van der Waals surface area contributed by atoms with Gasteiger partial charge in [-0.1, -0.05) is 19.4 Å². The van der Waals surface area contributed by atoms with E-state index < -0.39 is 0 Å². The van der Waals surface area contributed by atoms with Crippen molar-refractivity contribution in [2.45, 2.75) is 26.3 Å². The number of benzene rings is 1. The molecule has 0 aliphatic rings. The minimum atomic E-state index is 0.891. The minimum absolute atomic E-state index is 0.891. The van der Waals surface area contributed by atoms with Gasteiger partial charge < -0.3 is 4.74 Å². The summed E-state index contributed by atoms with van der Waals surface area (Å²) in [6.07, 6.45) is 6.67.